The summed E-state index contributed by atoms with van der Waals surface area (Å²) in [4.78, 5) is 27.3. The van der Waals surface area contributed by atoms with Gasteiger partial charge < -0.3 is 24.1 Å². The third-order valence-electron chi connectivity index (χ3n) is 4.89. The summed E-state index contributed by atoms with van der Waals surface area (Å²) in [6.45, 7) is 1.60. The minimum atomic E-state index is -0.585. The van der Waals surface area contributed by atoms with Gasteiger partial charge in [-0.15, -0.1) is 0 Å². The van der Waals surface area contributed by atoms with Crippen molar-refractivity contribution in [2.24, 2.45) is 0 Å². The molecule has 0 spiro atoms. The molecule has 1 N–H and O–H groups in total. The van der Waals surface area contributed by atoms with Crippen LogP contribution in [0.15, 0.2) is 34.9 Å². The number of ether oxygens (including phenoxy) is 2. The van der Waals surface area contributed by atoms with Gasteiger partial charge in [0.25, 0.3) is 5.91 Å². The van der Waals surface area contributed by atoms with E-state index in [0.29, 0.717) is 48.4 Å². The van der Waals surface area contributed by atoms with Gasteiger partial charge in [0.2, 0.25) is 5.91 Å². The Bertz CT molecular complexity index is 868. The fraction of sp³-hybridized carbons (Fsp3) is 0.400. The van der Waals surface area contributed by atoms with Crippen molar-refractivity contribution in [3.8, 4) is 11.5 Å². The zero-order valence-electron chi connectivity index (χ0n) is 15.3. The lowest BCUT2D eigenvalue weighted by Gasteiger charge is -2.34. The van der Waals surface area contributed by atoms with Crippen molar-refractivity contribution in [3.05, 3.63) is 41.3 Å². The normalized spacial score (nSPS) is 19.0. The highest BCUT2D eigenvalue weighted by Gasteiger charge is 2.34. The molecule has 4 rings (SSSR count). The molecule has 1 aromatic carbocycles. The largest absolute Gasteiger partial charge is 0.490 e. The number of halogens is 1. The number of fused-ring (bicyclic) bond motifs is 1. The fourth-order valence-corrected chi connectivity index (χ4v) is 3.69. The molecule has 2 amide bonds. The number of nitrogens with one attached hydrogen (secondary N) is 1. The molecule has 7 nitrogen and oxygen atoms in total. The maximum absolute atomic E-state index is 13.0. The van der Waals surface area contributed by atoms with Crippen molar-refractivity contribution >= 4 is 29.1 Å². The van der Waals surface area contributed by atoms with Gasteiger partial charge in [-0.1, -0.05) is 11.6 Å². The summed E-state index contributed by atoms with van der Waals surface area (Å²) in [6, 6.07) is 5.99. The second-order valence-corrected chi connectivity index (χ2v) is 7.21. The number of hydrogen-bond donors (Lipinski definition) is 1. The number of benzene rings is 1. The molecule has 0 aliphatic carbocycles. The number of furan rings is 1. The molecule has 1 aromatic heterocycles. The van der Waals surface area contributed by atoms with Crippen molar-refractivity contribution in [1.82, 2.24) is 4.90 Å². The van der Waals surface area contributed by atoms with Crippen molar-refractivity contribution in [3.63, 3.8) is 0 Å². The van der Waals surface area contributed by atoms with E-state index in [-0.39, 0.29) is 17.6 Å². The predicted octanol–water partition coefficient (Wildman–Crippen LogP) is 3.73. The van der Waals surface area contributed by atoms with Gasteiger partial charge in [-0.25, -0.2) is 0 Å². The average molecular weight is 405 g/mol. The van der Waals surface area contributed by atoms with Crippen LogP contribution in [0.1, 0.15) is 36.2 Å². The first-order valence-corrected chi connectivity index (χ1v) is 9.76. The Morgan fingerprint density at radius 2 is 1.89 bits per heavy atom. The SMILES string of the molecule is O=C(Nc1cc2c(cc1Cl)OCCCO2)C1CCCCN1C(=O)c1ccco1. The molecule has 28 heavy (non-hydrogen) atoms. The monoisotopic (exact) mass is 404 g/mol. The van der Waals surface area contributed by atoms with Gasteiger partial charge in [-0.05, 0) is 31.4 Å². The van der Waals surface area contributed by atoms with Crippen molar-refractivity contribution in [2.45, 2.75) is 31.7 Å². The van der Waals surface area contributed by atoms with Crippen LogP contribution >= 0.6 is 11.6 Å². The number of hydrogen-bond acceptors (Lipinski definition) is 5. The van der Waals surface area contributed by atoms with Crippen molar-refractivity contribution in [1.29, 1.82) is 0 Å². The number of carbonyl (C=O) groups is 2. The van der Waals surface area contributed by atoms with Crippen LogP contribution in [0.2, 0.25) is 5.02 Å². The summed E-state index contributed by atoms with van der Waals surface area (Å²) in [5.41, 5.74) is 0.437. The Morgan fingerprint density at radius 3 is 2.64 bits per heavy atom. The Balaban J connectivity index is 1.53. The van der Waals surface area contributed by atoms with Gasteiger partial charge in [-0.3, -0.25) is 9.59 Å². The number of amides is 2. The van der Waals surface area contributed by atoms with E-state index in [1.165, 1.54) is 6.26 Å². The third kappa shape index (κ3) is 3.80. The molecule has 8 heteroatoms. The van der Waals surface area contributed by atoms with E-state index >= 15 is 0 Å². The second kappa shape index (κ2) is 8.14. The Morgan fingerprint density at radius 1 is 1.11 bits per heavy atom. The lowest BCUT2D eigenvalue weighted by molar-refractivity contribution is -0.121. The molecule has 0 radical (unpaired) electrons. The first kappa shape index (κ1) is 18.7. The molecular weight excluding hydrogens is 384 g/mol. The predicted molar refractivity (Wildman–Crippen MR) is 103 cm³/mol. The molecule has 0 bridgehead atoms. The second-order valence-electron chi connectivity index (χ2n) is 6.81. The van der Waals surface area contributed by atoms with Crippen LogP contribution < -0.4 is 14.8 Å². The summed E-state index contributed by atoms with van der Waals surface area (Å²) < 4.78 is 16.5. The van der Waals surface area contributed by atoms with Crippen molar-refractivity contribution < 1.29 is 23.5 Å². The summed E-state index contributed by atoms with van der Waals surface area (Å²) >= 11 is 6.33. The van der Waals surface area contributed by atoms with Gasteiger partial charge >= 0.3 is 0 Å². The molecule has 1 atom stereocenters. The first-order valence-electron chi connectivity index (χ1n) is 9.38. The highest BCUT2D eigenvalue weighted by atomic mass is 35.5. The highest BCUT2D eigenvalue weighted by molar-refractivity contribution is 6.34. The van der Waals surface area contributed by atoms with Crippen LogP contribution in [-0.4, -0.2) is 42.5 Å². The number of rotatable bonds is 3. The van der Waals surface area contributed by atoms with E-state index in [2.05, 4.69) is 5.32 Å². The average Bonchev–Trinajstić information content (AvgIpc) is 3.15. The quantitative estimate of drug-likeness (QED) is 0.843. The van der Waals surface area contributed by atoms with Gasteiger partial charge in [0.15, 0.2) is 17.3 Å². The number of likely N-dealkylation sites (tertiary alicyclic amines) is 1. The van der Waals surface area contributed by atoms with E-state index < -0.39 is 6.04 Å². The summed E-state index contributed by atoms with van der Waals surface area (Å²) in [6.07, 6.45) is 4.53. The number of anilines is 1. The molecule has 1 unspecified atom stereocenters. The van der Waals surface area contributed by atoms with Gasteiger partial charge in [0.05, 0.1) is 30.2 Å². The Kier molecular flexibility index (Phi) is 5.43. The van der Waals surface area contributed by atoms with Crippen LogP contribution in [0.3, 0.4) is 0 Å². The molecule has 1 saturated heterocycles. The highest BCUT2D eigenvalue weighted by Crippen LogP contribution is 2.38. The first-order chi connectivity index (χ1) is 13.6. The molecule has 2 aliphatic heterocycles. The summed E-state index contributed by atoms with van der Waals surface area (Å²) in [5.74, 6) is 0.774. The van der Waals surface area contributed by atoms with Gasteiger partial charge in [0.1, 0.15) is 6.04 Å². The maximum atomic E-state index is 13.0. The summed E-state index contributed by atoms with van der Waals surface area (Å²) in [7, 11) is 0. The van der Waals surface area contributed by atoms with Crippen LogP contribution in [0.25, 0.3) is 0 Å². The van der Waals surface area contributed by atoms with E-state index in [1.54, 1.807) is 29.2 Å². The molecular formula is C20H21ClN2O5. The standard InChI is InChI=1S/C20H21ClN2O5/c21-13-11-17-18(28-10-4-9-27-17)12-14(13)22-19(24)15-5-1-2-7-23(15)20(25)16-6-3-8-26-16/h3,6,8,11-12,15H,1-2,4-5,7,9-10H2,(H,22,24). The zero-order chi connectivity index (χ0) is 19.5. The molecule has 1 fully saturated rings. The third-order valence-corrected chi connectivity index (χ3v) is 5.21. The minimum Gasteiger partial charge on any atom is -0.490 e. The van der Waals surface area contributed by atoms with Gasteiger partial charge in [-0.2, -0.15) is 0 Å². The topological polar surface area (TPSA) is 81.0 Å². The van der Waals surface area contributed by atoms with Crippen molar-refractivity contribution in [2.75, 3.05) is 25.1 Å². The minimum absolute atomic E-state index is 0.230. The van der Waals surface area contributed by atoms with Crippen LogP contribution in [-0.2, 0) is 4.79 Å². The molecule has 148 valence electrons. The smallest absolute Gasteiger partial charge is 0.290 e. The number of piperidine rings is 1. The molecule has 0 saturated carbocycles. The van der Waals surface area contributed by atoms with E-state index in [9.17, 15) is 9.59 Å². The van der Waals surface area contributed by atoms with E-state index in [4.69, 9.17) is 25.5 Å². The Labute approximate surface area is 167 Å². The van der Waals surface area contributed by atoms with Gasteiger partial charge in [0, 0.05) is 25.1 Å². The van der Waals surface area contributed by atoms with Crippen LogP contribution in [0.5, 0.6) is 11.5 Å². The molecule has 2 aliphatic rings. The van der Waals surface area contributed by atoms with Crippen LogP contribution in [0, 0.1) is 0 Å². The lowest BCUT2D eigenvalue weighted by atomic mass is 10.0. The Hall–Kier alpha value is -2.67. The number of nitrogens with zero attached hydrogens (tertiary/aromatic N) is 1. The number of carbonyl (C=O) groups excluding carboxylic acids is 2. The zero-order valence-corrected chi connectivity index (χ0v) is 16.0. The molecule has 3 heterocycles. The molecule has 2 aromatic rings. The maximum Gasteiger partial charge on any atom is 0.290 e. The van der Waals surface area contributed by atoms with E-state index in [0.717, 1.165) is 19.3 Å². The fourth-order valence-electron chi connectivity index (χ4n) is 3.48. The van der Waals surface area contributed by atoms with E-state index in [1.807, 2.05) is 0 Å². The van der Waals surface area contributed by atoms with Crippen LogP contribution in [0.4, 0.5) is 5.69 Å². The lowest BCUT2D eigenvalue weighted by Crippen LogP contribution is -2.50. The summed E-state index contributed by atoms with van der Waals surface area (Å²) in [5, 5.41) is 3.21.